The molecule has 3 fully saturated rings. The first kappa shape index (κ1) is 36.9. The van der Waals surface area contributed by atoms with Gasteiger partial charge in [-0.1, -0.05) is 36.4 Å². The molecule has 1 unspecified atom stereocenters. The first-order chi connectivity index (χ1) is 26.9. The summed E-state index contributed by atoms with van der Waals surface area (Å²) in [5.41, 5.74) is 2.95. The predicted molar refractivity (Wildman–Crippen MR) is 206 cm³/mol. The second-order valence-corrected chi connectivity index (χ2v) is 16.3. The summed E-state index contributed by atoms with van der Waals surface area (Å²) in [6.45, 7) is -0.585. The molecule has 4 amide bonds. The van der Waals surface area contributed by atoms with Crippen LogP contribution in [0.1, 0.15) is 68.0 Å². The van der Waals surface area contributed by atoms with E-state index in [2.05, 4.69) is 10.6 Å². The fourth-order valence-corrected chi connectivity index (χ4v) is 9.33. The molecule has 0 spiro atoms. The summed E-state index contributed by atoms with van der Waals surface area (Å²) in [6, 6.07) is 20.3. The lowest BCUT2D eigenvalue weighted by atomic mass is 9.77. The second kappa shape index (κ2) is 14.6. The van der Waals surface area contributed by atoms with Crippen LogP contribution in [-0.4, -0.2) is 47.7 Å². The number of imidazole rings is 1. The Morgan fingerprint density at radius 3 is 2.39 bits per heavy atom. The molecule has 2 aliphatic heterocycles. The highest BCUT2D eigenvalue weighted by molar-refractivity contribution is 7.92. The van der Waals surface area contributed by atoms with Crippen LogP contribution in [-0.2, 0) is 43.0 Å². The van der Waals surface area contributed by atoms with E-state index >= 15 is 4.39 Å². The zero-order chi connectivity index (χ0) is 39.3. The van der Waals surface area contributed by atoms with Gasteiger partial charge in [-0.25, -0.2) is 18.2 Å². The number of piperidine rings is 1. The highest BCUT2D eigenvalue weighted by atomic mass is 32.2. The highest BCUT2D eigenvalue weighted by Gasteiger charge is 2.38. The molecular weight excluding hydrogens is 744 g/mol. The molecule has 3 heterocycles. The van der Waals surface area contributed by atoms with Crippen molar-refractivity contribution in [2.75, 3.05) is 16.2 Å². The highest BCUT2D eigenvalue weighted by Crippen LogP contribution is 2.41. The summed E-state index contributed by atoms with van der Waals surface area (Å²) in [7, 11) is -2.66. The van der Waals surface area contributed by atoms with E-state index in [1.165, 1.54) is 21.3 Å². The van der Waals surface area contributed by atoms with Gasteiger partial charge in [-0.15, -0.1) is 0 Å². The number of amides is 4. The van der Waals surface area contributed by atoms with Crippen LogP contribution in [0.15, 0.2) is 77.6 Å². The summed E-state index contributed by atoms with van der Waals surface area (Å²) in [5, 5.41) is 5.72. The molecule has 1 aromatic heterocycles. The third-order valence-corrected chi connectivity index (χ3v) is 12.4. The quantitative estimate of drug-likeness (QED) is 0.181. The average molecular weight is 783 g/mol. The summed E-state index contributed by atoms with van der Waals surface area (Å²) in [5.74, 6) is -2.38. The number of aromatic nitrogens is 2. The molecule has 2 saturated heterocycles. The number of imide groups is 1. The number of nitrogens with one attached hydrogen (secondary N) is 3. The van der Waals surface area contributed by atoms with Crippen LogP contribution in [0.4, 0.5) is 15.8 Å². The fourth-order valence-electron chi connectivity index (χ4n) is 8.17. The topological polar surface area (TPSA) is 178 Å². The van der Waals surface area contributed by atoms with E-state index in [1.807, 2.05) is 53.3 Å². The van der Waals surface area contributed by atoms with Crippen molar-refractivity contribution in [3.05, 3.63) is 100 Å². The van der Waals surface area contributed by atoms with E-state index in [0.717, 1.165) is 36.8 Å². The number of fused-ring (bicyclic) bond motifs is 2. The summed E-state index contributed by atoms with van der Waals surface area (Å²) in [6.07, 6.45) is 4.06. The van der Waals surface area contributed by atoms with Crippen molar-refractivity contribution >= 4 is 67.0 Å². The first-order valence-corrected chi connectivity index (χ1v) is 19.9. The lowest BCUT2D eigenvalue weighted by Crippen LogP contribution is -2.44. The van der Waals surface area contributed by atoms with Crippen LogP contribution in [0.5, 0.6) is 5.75 Å². The molecule has 0 radical (unpaired) electrons. The van der Waals surface area contributed by atoms with Crippen molar-refractivity contribution < 1.29 is 36.7 Å². The van der Waals surface area contributed by atoms with Crippen molar-refractivity contribution in [2.24, 2.45) is 13.0 Å². The van der Waals surface area contributed by atoms with Crippen molar-refractivity contribution in [3.8, 4) is 5.75 Å². The maximum Gasteiger partial charge on any atom is 0.329 e. The zero-order valence-corrected chi connectivity index (χ0v) is 31.2. The smallest absolute Gasteiger partial charge is 0.329 e. The van der Waals surface area contributed by atoms with Gasteiger partial charge in [0, 0.05) is 31.0 Å². The van der Waals surface area contributed by atoms with E-state index in [4.69, 9.17) is 4.74 Å². The fraction of sp³-hybridized carbons (Fsp3) is 0.325. The van der Waals surface area contributed by atoms with Crippen molar-refractivity contribution in [1.82, 2.24) is 19.2 Å². The number of hydrogen-bond acceptors (Lipinski definition) is 8. The standard InChI is InChI=1S/C40H39FN6O8S/c1-45-32-19-26(11-14-30(32)47(40(45)52)31-15-16-34(48)43-39(31)51)25-9-7-23(8-10-25)17-35(49)42-28-12-13-29-27(18-28)20-33(55-22-24-5-3-2-4-6-24)38(37(29)41)46-21-36(50)44-56(46,53)54/h2-6,11-14,18-20,23,25,31H,7-10,15-17,21-22H2,1H3,(H,42,49)(H,44,50)(H,43,48,51)/t23-,25-,31?. The van der Waals surface area contributed by atoms with E-state index in [0.29, 0.717) is 32.8 Å². The zero-order valence-electron chi connectivity index (χ0n) is 30.4. The maximum atomic E-state index is 16.2. The number of anilines is 2. The van der Waals surface area contributed by atoms with Gasteiger partial charge in [0.15, 0.2) is 5.82 Å². The normalized spacial score (nSPS) is 20.9. The molecule has 56 heavy (non-hydrogen) atoms. The van der Waals surface area contributed by atoms with Crippen LogP contribution in [0, 0.1) is 11.7 Å². The van der Waals surface area contributed by atoms with Gasteiger partial charge in [0.05, 0.1) is 11.0 Å². The van der Waals surface area contributed by atoms with E-state index in [1.54, 1.807) is 19.2 Å². The van der Waals surface area contributed by atoms with Gasteiger partial charge in [-0.3, -0.25) is 33.6 Å². The Morgan fingerprint density at radius 1 is 0.911 bits per heavy atom. The molecule has 1 atom stereocenters. The largest absolute Gasteiger partial charge is 0.487 e. The Bertz CT molecular complexity index is 2600. The minimum absolute atomic E-state index is 0.0130. The molecule has 1 aliphatic carbocycles. The van der Waals surface area contributed by atoms with E-state index < -0.39 is 40.4 Å². The Hall–Kier alpha value is -6.03. The van der Waals surface area contributed by atoms with Gasteiger partial charge in [0.1, 0.15) is 30.6 Å². The third kappa shape index (κ3) is 7.00. The molecule has 14 nitrogen and oxygen atoms in total. The Labute approximate surface area is 320 Å². The first-order valence-electron chi connectivity index (χ1n) is 18.5. The van der Waals surface area contributed by atoms with Gasteiger partial charge in [-0.05, 0) is 96.9 Å². The van der Waals surface area contributed by atoms with Crippen LogP contribution in [0.25, 0.3) is 21.8 Å². The minimum atomic E-state index is -4.34. The molecule has 1 saturated carbocycles. The molecule has 0 bridgehead atoms. The molecular formula is C40H39FN6O8S. The number of rotatable bonds is 9. The summed E-state index contributed by atoms with van der Waals surface area (Å²) < 4.78 is 53.2. The van der Waals surface area contributed by atoms with Crippen LogP contribution in [0.2, 0.25) is 0 Å². The maximum absolute atomic E-state index is 16.2. The molecule has 3 aliphatic rings. The summed E-state index contributed by atoms with van der Waals surface area (Å²) in [4.78, 5) is 62.8. The number of carbonyl (C=O) groups is 4. The average Bonchev–Trinajstić information content (AvgIpc) is 3.59. The predicted octanol–water partition coefficient (Wildman–Crippen LogP) is 4.67. The minimum Gasteiger partial charge on any atom is -0.487 e. The lowest BCUT2D eigenvalue weighted by Gasteiger charge is -2.28. The lowest BCUT2D eigenvalue weighted by molar-refractivity contribution is -0.135. The van der Waals surface area contributed by atoms with Crippen LogP contribution in [0.3, 0.4) is 0 Å². The third-order valence-electron chi connectivity index (χ3n) is 11.0. The van der Waals surface area contributed by atoms with Crippen molar-refractivity contribution in [2.45, 2.75) is 63.5 Å². The molecule has 3 N–H and O–H groups in total. The van der Waals surface area contributed by atoms with Crippen LogP contribution < -0.4 is 30.1 Å². The Kier molecular flexibility index (Phi) is 9.60. The van der Waals surface area contributed by atoms with Crippen molar-refractivity contribution in [3.63, 3.8) is 0 Å². The molecule has 16 heteroatoms. The number of nitrogens with zero attached hydrogens (tertiary/aromatic N) is 3. The van der Waals surface area contributed by atoms with Gasteiger partial charge in [-0.2, -0.15) is 8.42 Å². The van der Waals surface area contributed by atoms with Gasteiger partial charge < -0.3 is 10.1 Å². The number of aryl methyl sites for hydroxylation is 1. The number of carbonyl (C=O) groups excluding carboxylic acids is 4. The van der Waals surface area contributed by atoms with Gasteiger partial charge >= 0.3 is 15.9 Å². The SMILES string of the molecule is Cn1c(=O)n(C2CCC(=O)NC2=O)c2ccc([C@H]3CC[C@H](CC(=O)Nc4ccc5c(F)c(N6CC(=O)NS6(=O)=O)c(OCc6ccccc6)cc5c4)CC3)cc21. The number of hydrogen-bond donors (Lipinski definition) is 3. The number of halogens is 1. The summed E-state index contributed by atoms with van der Waals surface area (Å²) >= 11 is 0. The molecule has 8 rings (SSSR count). The molecule has 4 aromatic carbocycles. The van der Waals surface area contributed by atoms with Crippen molar-refractivity contribution in [1.29, 1.82) is 0 Å². The molecule has 290 valence electrons. The second-order valence-electron chi connectivity index (χ2n) is 14.7. The van der Waals surface area contributed by atoms with E-state index in [9.17, 15) is 32.4 Å². The Morgan fingerprint density at radius 2 is 1.68 bits per heavy atom. The van der Waals surface area contributed by atoms with E-state index in [-0.39, 0.29) is 65.6 Å². The van der Waals surface area contributed by atoms with Crippen LogP contribution >= 0.6 is 0 Å². The monoisotopic (exact) mass is 782 g/mol. The molecule has 5 aromatic rings. The number of benzene rings is 4. The van der Waals surface area contributed by atoms with Gasteiger partial charge in [0.25, 0.3) is 5.91 Å². The Balaban J connectivity index is 0.946. The van der Waals surface area contributed by atoms with Gasteiger partial charge in [0.2, 0.25) is 17.7 Å². The number of ether oxygens (including phenoxy) is 1.